The Bertz CT molecular complexity index is 716. The maximum atomic E-state index is 6.13. The maximum Gasteiger partial charge on any atom is 0.111 e. The van der Waals surface area contributed by atoms with Crippen molar-refractivity contribution >= 4 is 16.7 Å². The van der Waals surface area contributed by atoms with Crippen molar-refractivity contribution < 1.29 is 0 Å². The predicted molar refractivity (Wildman–Crippen MR) is 82.4 cm³/mol. The van der Waals surface area contributed by atoms with Gasteiger partial charge in [0, 0.05) is 13.0 Å². The summed E-state index contributed by atoms with van der Waals surface area (Å²) in [6, 6.07) is 16.2. The molecular weight excluding hydrogens is 248 g/mol. The molecule has 0 aliphatic heterocycles. The monoisotopic (exact) mass is 266 g/mol. The second kappa shape index (κ2) is 5.35. The van der Waals surface area contributed by atoms with Crippen LogP contribution < -0.4 is 11.5 Å². The van der Waals surface area contributed by atoms with Crippen LogP contribution in [0, 0.1) is 0 Å². The average Bonchev–Trinajstić information content (AvgIpc) is 2.80. The summed E-state index contributed by atoms with van der Waals surface area (Å²) in [5, 5.41) is 0. The Labute approximate surface area is 118 Å². The van der Waals surface area contributed by atoms with Gasteiger partial charge >= 0.3 is 0 Å². The van der Waals surface area contributed by atoms with Crippen LogP contribution in [0.15, 0.2) is 48.5 Å². The van der Waals surface area contributed by atoms with Crippen LogP contribution in [0.25, 0.3) is 11.0 Å². The molecule has 3 aromatic rings. The predicted octanol–water partition coefficient (Wildman–Crippen LogP) is 2.17. The zero-order valence-corrected chi connectivity index (χ0v) is 11.3. The van der Waals surface area contributed by atoms with Crippen molar-refractivity contribution in [2.75, 3.05) is 12.3 Å². The summed E-state index contributed by atoms with van der Waals surface area (Å²) in [5.74, 6) is 0.990. The molecule has 0 saturated heterocycles. The van der Waals surface area contributed by atoms with E-state index in [4.69, 9.17) is 11.5 Å². The summed E-state index contributed by atoms with van der Waals surface area (Å²) in [6.45, 7) is 1.35. The fraction of sp³-hybridized carbons (Fsp3) is 0.188. The average molecular weight is 266 g/mol. The molecule has 0 unspecified atom stereocenters. The highest BCUT2D eigenvalue weighted by Gasteiger charge is 2.12. The minimum atomic E-state index is 0.581. The summed E-state index contributed by atoms with van der Waals surface area (Å²) < 4.78 is 2.17. The number of anilines is 1. The number of benzene rings is 2. The molecule has 0 bridgehead atoms. The molecule has 102 valence electrons. The molecule has 1 aromatic heterocycles. The van der Waals surface area contributed by atoms with E-state index in [2.05, 4.69) is 21.7 Å². The summed E-state index contributed by atoms with van der Waals surface area (Å²) in [5.41, 5.74) is 15.7. The van der Waals surface area contributed by atoms with Gasteiger partial charge in [-0.1, -0.05) is 36.4 Å². The van der Waals surface area contributed by atoms with E-state index in [-0.39, 0.29) is 0 Å². The van der Waals surface area contributed by atoms with Gasteiger partial charge in [-0.15, -0.1) is 0 Å². The lowest BCUT2D eigenvalue weighted by molar-refractivity contribution is 0.735. The number of hydrogen-bond donors (Lipinski definition) is 2. The maximum absolute atomic E-state index is 6.13. The van der Waals surface area contributed by atoms with E-state index in [0.29, 0.717) is 6.54 Å². The minimum Gasteiger partial charge on any atom is -0.397 e. The molecule has 3 rings (SSSR count). The SMILES string of the molecule is NCCc1nc2cccc(N)c2n1Cc1ccccc1. The van der Waals surface area contributed by atoms with Gasteiger partial charge in [-0.25, -0.2) is 4.98 Å². The Balaban J connectivity index is 2.13. The van der Waals surface area contributed by atoms with Crippen molar-refractivity contribution in [3.8, 4) is 0 Å². The van der Waals surface area contributed by atoms with Crippen LogP contribution >= 0.6 is 0 Å². The molecule has 0 amide bonds. The quantitative estimate of drug-likeness (QED) is 0.711. The van der Waals surface area contributed by atoms with E-state index in [1.807, 2.05) is 36.4 Å². The van der Waals surface area contributed by atoms with E-state index in [1.165, 1.54) is 5.56 Å². The van der Waals surface area contributed by atoms with E-state index in [9.17, 15) is 0 Å². The number of fused-ring (bicyclic) bond motifs is 1. The number of nitrogens with zero attached hydrogens (tertiary/aromatic N) is 2. The van der Waals surface area contributed by atoms with E-state index >= 15 is 0 Å². The van der Waals surface area contributed by atoms with E-state index in [1.54, 1.807) is 0 Å². The lowest BCUT2D eigenvalue weighted by Crippen LogP contribution is -2.11. The van der Waals surface area contributed by atoms with Gasteiger partial charge in [0.25, 0.3) is 0 Å². The lowest BCUT2D eigenvalue weighted by atomic mass is 10.2. The normalized spacial score (nSPS) is 11.1. The molecule has 0 saturated carbocycles. The largest absolute Gasteiger partial charge is 0.397 e. The second-order valence-corrected chi connectivity index (χ2v) is 4.85. The number of imidazole rings is 1. The summed E-state index contributed by atoms with van der Waals surface area (Å²) in [6.07, 6.45) is 0.751. The molecule has 4 nitrogen and oxygen atoms in total. The topological polar surface area (TPSA) is 69.9 Å². The van der Waals surface area contributed by atoms with Gasteiger partial charge in [0.15, 0.2) is 0 Å². The van der Waals surface area contributed by atoms with Gasteiger partial charge in [0.1, 0.15) is 5.82 Å². The fourth-order valence-electron chi connectivity index (χ4n) is 2.52. The smallest absolute Gasteiger partial charge is 0.111 e. The number of hydrogen-bond acceptors (Lipinski definition) is 3. The molecule has 1 heterocycles. The van der Waals surface area contributed by atoms with Crippen LogP contribution in [0.5, 0.6) is 0 Å². The van der Waals surface area contributed by atoms with Crippen molar-refractivity contribution in [1.29, 1.82) is 0 Å². The van der Waals surface area contributed by atoms with Gasteiger partial charge in [0.05, 0.1) is 16.7 Å². The third-order valence-electron chi connectivity index (χ3n) is 3.43. The van der Waals surface area contributed by atoms with Crippen molar-refractivity contribution in [3.05, 3.63) is 59.9 Å². The zero-order chi connectivity index (χ0) is 13.9. The third kappa shape index (κ3) is 2.26. The highest BCUT2D eigenvalue weighted by atomic mass is 15.1. The standard InChI is InChI=1S/C16H18N4/c17-10-9-15-19-14-8-4-7-13(18)16(14)20(15)11-12-5-2-1-3-6-12/h1-8H,9-11,17-18H2. The molecule has 0 atom stereocenters. The molecule has 4 heteroatoms. The molecule has 0 aliphatic rings. The number of rotatable bonds is 4. The summed E-state index contributed by atoms with van der Waals surface area (Å²) in [7, 11) is 0. The molecule has 0 spiro atoms. The van der Waals surface area contributed by atoms with Gasteiger partial charge in [-0.05, 0) is 24.2 Å². The van der Waals surface area contributed by atoms with Crippen LogP contribution in [0.3, 0.4) is 0 Å². The highest BCUT2D eigenvalue weighted by molar-refractivity contribution is 5.87. The first-order valence-corrected chi connectivity index (χ1v) is 6.77. The Kier molecular flexibility index (Phi) is 3.39. The third-order valence-corrected chi connectivity index (χ3v) is 3.43. The summed E-state index contributed by atoms with van der Waals surface area (Å²) >= 11 is 0. The first-order chi connectivity index (χ1) is 9.79. The molecule has 2 aromatic carbocycles. The summed E-state index contributed by atoms with van der Waals surface area (Å²) in [4.78, 5) is 4.66. The molecule has 0 radical (unpaired) electrons. The second-order valence-electron chi connectivity index (χ2n) is 4.85. The number of aromatic nitrogens is 2. The van der Waals surface area contributed by atoms with Crippen LogP contribution in [-0.4, -0.2) is 16.1 Å². The molecule has 4 N–H and O–H groups in total. The zero-order valence-electron chi connectivity index (χ0n) is 11.3. The van der Waals surface area contributed by atoms with Crippen LogP contribution in [0.1, 0.15) is 11.4 Å². The number of nitrogens with two attached hydrogens (primary N) is 2. The van der Waals surface area contributed by atoms with Crippen LogP contribution in [-0.2, 0) is 13.0 Å². The Morgan fingerprint density at radius 1 is 1.00 bits per heavy atom. The number of para-hydroxylation sites is 1. The van der Waals surface area contributed by atoms with E-state index in [0.717, 1.165) is 35.5 Å². The van der Waals surface area contributed by atoms with Crippen molar-refractivity contribution in [1.82, 2.24) is 9.55 Å². The molecule has 0 fully saturated rings. The van der Waals surface area contributed by atoms with Gasteiger partial charge in [-0.3, -0.25) is 0 Å². The van der Waals surface area contributed by atoms with Crippen molar-refractivity contribution in [2.45, 2.75) is 13.0 Å². The molecule has 20 heavy (non-hydrogen) atoms. The van der Waals surface area contributed by atoms with E-state index < -0.39 is 0 Å². The van der Waals surface area contributed by atoms with Crippen molar-refractivity contribution in [3.63, 3.8) is 0 Å². The Morgan fingerprint density at radius 3 is 2.55 bits per heavy atom. The first-order valence-electron chi connectivity index (χ1n) is 6.77. The van der Waals surface area contributed by atoms with Gasteiger partial charge < -0.3 is 16.0 Å². The van der Waals surface area contributed by atoms with Crippen molar-refractivity contribution in [2.24, 2.45) is 5.73 Å². The van der Waals surface area contributed by atoms with Gasteiger partial charge in [-0.2, -0.15) is 0 Å². The van der Waals surface area contributed by atoms with Crippen LogP contribution in [0.4, 0.5) is 5.69 Å². The van der Waals surface area contributed by atoms with Gasteiger partial charge in [0.2, 0.25) is 0 Å². The molecular formula is C16H18N4. The lowest BCUT2D eigenvalue weighted by Gasteiger charge is -2.10. The minimum absolute atomic E-state index is 0.581. The van der Waals surface area contributed by atoms with Crippen LogP contribution in [0.2, 0.25) is 0 Å². The Morgan fingerprint density at radius 2 is 1.80 bits per heavy atom. The first kappa shape index (κ1) is 12.7. The Hall–Kier alpha value is -2.33. The highest BCUT2D eigenvalue weighted by Crippen LogP contribution is 2.23. The fourth-order valence-corrected chi connectivity index (χ4v) is 2.52. The number of nitrogen functional groups attached to an aromatic ring is 1. The molecule has 0 aliphatic carbocycles.